The summed E-state index contributed by atoms with van der Waals surface area (Å²) >= 11 is 0. The Hall–Kier alpha value is -0.490. The first-order valence-corrected chi connectivity index (χ1v) is 10.3. The third-order valence-electron chi connectivity index (χ3n) is 9.36. The van der Waals surface area contributed by atoms with Crippen molar-refractivity contribution in [2.45, 2.75) is 89.6 Å². The minimum atomic E-state index is -1.42. The molecule has 148 valence electrons. The highest BCUT2D eigenvalue weighted by molar-refractivity contribution is 5.81. The van der Waals surface area contributed by atoms with Gasteiger partial charge in [0.05, 0.1) is 18.1 Å². The van der Waals surface area contributed by atoms with Gasteiger partial charge in [0.1, 0.15) is 17.5 Å². The number of carbonyl (C=O) groups excluding carboxylic acids is 1. The predicted octanol–water partition coefficient (Wildman–Crippen LogP) is 1.65. The van der Waals surface area contributed by atoms with Crippen LogP contribution in [0.5, 0.6) is 0 Å². The number of ketones is 1. The number of hydrogen-bond donors (Lipinski definition) is 4. The van der Waals surface area contributed by atoms with Crippen LogP contribution in [-0.2, 0) is 4.79 Å². The van der Waals surface area contributed by atoms with Gasteiger partial charge in [-0.05, 0) is 75.0 Å². The number of aliphatic hydroxyl groups excluding tert-OH is 3. The van der Waals surface area contributed by atoms with Crippen molar-refractivity contribution >= 4 is 5.78 Å². The molecule has 5 nitrogen and oxygen atoms in total. The fourth-order valence-electron chi connectivity index (χ4n) is 7.98. The van der Waals surface area contributed by atoms with Gasteiger partial charge in [-0.25, -0.2) is 0 Å². The molecule has 4 saturated carbocycles. The highest BCUT2D eigenvalue weighted by atomic mass is 16.4. The Morgan fingerprint density at radius 2 is 1.65 bits per heavy atom. The van der Waals surface area contributed by atoms with Crippen LogP contribution in [0.2, 0.25) is 0 Å². The van der Waals surface area contributed by atoms with Gasteiger partial charge in [0.15, 0.2) is 0 Å². The van der Waals surface area contributed by atoms with Crippen molar-refractivity contribution in [3.05, 3.63) is 0 Å². The van der Waals surface area contributed by atoms with Crippen molar-refractivity contribution < 1.29 is 25.2 Å². The highest BCUT2D eigenvalue weighted by Gasteiger charge is 2.74. The van der Waals surface area contributed by atoms with E-state index in [4.69, 9.17) is 0 Å². The maximum Gasteiger partial charge on any atom is 0.136 e. The van der Waals surface area contributed by atoms with Crippen molar-refractivity contribution in [2.24, 2.45) is 34.5 Å². The summed E-state index contributed by atoms with van der Waals surface area (Å²) in [5.74, 6) is -0.241. The van der Waals surface area contributed by atoms with E-state index < -0.39 is 29.1 Å². The quantitative estimate of drug-likeness (QED) is 0.566. The van der Waals surface area contributed by atoms with E-state index >= 15 is 0 Å². The molecule has 5 heteroatoms. The molecule has 10 atom stereocenters. The van der Waals surface area contributed by atoms with E-state index in [0.29, 0.717) is 12.3 Å². The normalized spacial score (nSPS) is 59.3. The molecule has 4 rings (SSSR count). The average molecular weight is 366 g/mol. The Kier molecular flexibility index (Phi) is 4.17. The lowest BCUT2D eigenvalue weighted by atomic mass is 9.43. The lowest BCUT2D eigenvalue weighted by molar-refractivity contribution is -0.238. The summed E-state index contributed by atoms with van der Waals surface area (Å²) in [7, 11) is 0. The number of rotatable bonds is 1. The van der Waals surface area contributed by atoms with Gasteiger partial charge in [0.2, 0.25) is 0 Å². The molecular formula is C21H34O5. The summed E-state index contributed by atoms with van der Waals surface area (Å²) in [5.41, 5.74) is -2.15. The number of carbonyl (C=O) groups is 1. The molecule has 0 bridgehead atoms. The Bertz CT molecular complexity index is 607. The van der Waals surface area contributed by atoms with Crippen molar-refractivity contribution in [3.63, 3.8) is 0 Å². The SMILES string of the molecule is CC(=O)C1C(O)C(O)C2(O)C3CCC4CC(O)CCC4(C)C3CCC12C. The number of hydrogen-bond acceptors (Lipinski definition) is 5. The van der Waals surface area contributed by atoms with Crippen molar-refractivity contribution in [2.75, 3.05) is 0 Å². The molecule has 0 aromatic carbocycles. The zero-order valence-electron chi connectivity index (χ0n) is 16.2. The summed E-state index contributed by atoms with van der Waals surface area (Å²) in [6, 6.07) is 0. The smallest absolute Gasteiger partial charge is 0.136 e. The summed E-state index contributed by atoms with van der Waals surface area (Å²) < 4.78 is 0. The second-order valence-electron chi connectivity index (χ2n) is 10.2. The lowest BCUT2D eigenvalue weighted by Crippen LogP contribution is -2.65. The Labute approximate surface area is 155 Å². The van der Waals surface area contributed by atoms with Gasteiger partial charge in [-0.15, -0.1) is 0 Å². The lowest BCUT2D eigenvalue weighted by Gasteiger charge is -2.63. The van der Waals surface area contributed by atoms with Gasteiger partial charge in [0, 0.05) is 5.41 Å². The second-order valence-corrected chi connectivity index (χ2v) is 10.2. The second kappa shape index (κ2) is 5.76. The van der Waals surface area contributed by atoms with Crippen molar-refractivity contribution in [1.29, 1.82) is 0 Å². The first-order chi connectivity index (χ1) is 12.1. The van der Waals surface area contributed by atoms with Crippen LogP contribution in [0.4, 0.5) is 0 Å². The van der Waals surface area contributed by atoms with Crippen LogP contribution in [0, 0.1) is 34.5 Å². The summed E-state index contributed by atoms with van der Waals surface area (Å²) in [5, 5.41) is 43.5. The summed E-state index contributed by atoms with van der Waals surface area (Å²) in [6.45, 7) is 5.66. The Morgan fingerprint density at radius 3 is 2.31 bits per heavy atom. The van der Waals surface area contributed by atoms with E-state index in [1.165, 1.54) is 6.92 Å². The molecule has 0 aromatic heterocycles. The van der Waals surface area contributed by atoms with E-state index in [0.717, 1.165) is 38.5 Å². The zero-order chi connectivity index (χ0) is 19.1. The molecule has 0 spiro atoms. The minimum absolute atomic E-state index is 0.0538. The molecule has 0 radical (unpaired) electrons. The third-order valence-corrected chi connectivity index (χ3v) is 9.36. The molecule has 4 aliphatic carbocycles. The Morgan fingerprint density at radius 1 is 0.962 bits per heavy atom. The van der Waals surface area contributed by atoms with E-state index in [1.54, 1.807) is 0 Å². The third kappa shape index (κ3) is 2.09. The molecule has 10 unspecified atom stereocenters. The van der Waals surface area contributed by atoms with Crippen LogP contribution in [0.25, 0.3) is 0 Å². The van der Waals surface area contributed by atoms with E-state index in [-0.39, 0.29) is 29.1 Å². The predicted molar refractivity (Wildman–Crippen MR) is 96.1 cm³/mol. The fourth-order valence-corrected chi connectivity index (χ4v) is 7.98. The maximum atomic E-state index is 12.3. The molecule has 0 saturated heterocycles. The van der Waals surface area contributed by atoms with Crippen LogP contribution in [0.15, 0.2) is 0 Å². The summed E-state index contributed by atoms with van der Waals surface area (Å²) in [6.07, 6.45) is 3.17. The first-order valence-electron chi connectivity index (χ1n) is 10.3. The topological polar surface area (TPSA) is 98.0 Å². The maximum absolute atomic E-state index is 12.3. The number of fused-ring (bicyclic) bond motifs is 5. The van der Waals surface area contributed by atoms with Crippen LogP contribution in [0.1, 0.15) is 65.7 Å². The molecule has 0 aromatic rings. The highest BCUT2D eigenvalue weighted by Crippen LogP contribution is 2.69. The minimum Gasteiger partial charge on any atom is -0.393 e. The molecule has 0 heterocycles. The van der Waals surface area contributed by atoms with Crippen LogP contribution < -0.4 is 0 Å². The zero-order valence-corrected chi connectivity index (χ0v) is 16.2. The van der Waals surface area contributed by atoms with Gasteiger partial charge in [-0.2, -0.15) is 0 Å². The first kappa shape index (κ1) is 18.9. The molecule has 26 heavy (non-hydrogen) atoms. The molecule has 0 amide bonds. The average Bonchev–Trinajstić information content (AvgIpc) is 2.73. The van der Waals surface area contributed by atoms with E-state index in [1.807, 2.05) is 6.92 Å². The van der Waals surface area contributed by atoms with Gasteiger partial charge >= 0.3 is 0 Å². The number of Topliss-reactive ketones (excluding diaryl/α,β-unsaturated/α-hetero) is 1. The molecule has 0 aliphatic heterocycles. The van der Waals surface area contributed by atoms with Gasteiger partial charge < -0.3 is 20.4 Å². The van der Waals surface area contributed by atoms with E-state index in [9.17, 15) is 25.2 Å². The molecular weight excluding hydrogens is 332 g/mol. The standard InChI is InChI=1S/C21H34O5/c1-11(22)16-17(24)18(25)21(26)15-5-4-12-10-13(23)6-8-19(12,2)14(15)7-9-20(16,21)3/h12-18,23-26H,4-10H2,1-3H3. The van der Waals surface area contributed by atoms with Crippen molar-refractivity contribution in [1.82, 2.24) is 0 Å². The largest absolute Gasteiger partial charge is 0.393 e. The fraction of sp³-hybridized carbons (Fsp3) is 0.952. The van der Waals surface area contributed by atoms with Crippen LogP contribution >= 0.6 is 0 Å². The summed E-state index contributed by atoms with van der Waals surface area (Å²) in [4.78, 5) is 12.3. The Balaban J connectivity index is 1.74. The molecule has 4 aliphatic rings. The van der Waals surface area contributed by atoms with E-state index in [2.05, 4.69) is 6.92 Å². The monoisotopic (exact) mass is 366 g/mol. The molecule has 4 fully saturated rings. The van der Waals surface area contributed by atoms with Crippen molar-refractivity contribution in [3.8, 4) is 0 Å². The van der Waals surface area contributed by atoms with Gasteiger partial charge in [-0.1, -0.05) is 13.8 Å². The van der Waals surface area contributed by atoms with Crippen LogP contribution in [-0.4, -0.2) is 50.1 Å². The number of aliphatic hydroxyl groups is 4. The molecule has 4 N–H and O–H groups in total. The van der Waals surface area contributed by atoms with Crippen LogP contribution in [0.3, 0.4) is 0 Å². The van der Waals surface area contributed by atoms with Gasteiger partial charge in [0.25, 0.3) is 0 Å². The van der Waals surface area contributed by atoms with Gasteiger partial charge in [-0.3, -0.25) is 4.79 Å².